The van der Waals surface area contributed by atoms with Crippen LogP contribution >= 0.6 is 0 Å². The summed E-state index contributed by atoms with van der Waals surface area (Å²) in [6, 6.07) is 15.1. The third-order valence-electron chi connectivity index (χ3n) is 4.50. The minimum atomic E-state index is -0.600. The van der Waals surface area contributed by atoms with Gasteiger partial charge in [0.25, 0.3) is 0 Å². The topological polar surface area (TPSA) is 55.8 Å². The first-order valence-corrected chi connectivity index (χ1v) is 8.22. The van der Waals surface area contributed by atoms with E-state index in [0.29, 0.717) is 5.75 Å². The number of amides is 2. The van der Waals surface area contributed by atoms with Gasteiger partial charge in [0.1, 0.15) is 11.9 Å². The molecule has 0 saturated carbocycles. The number of nitrogens with zero attached hydrogens (tertiary/aromatic N) is 1. The van der Waals surface area contributed by atoms with Crippen molar-refractivity contribution in [3.8, 4) is 5.75 Å². The van der Waals surface area contributed by atoms with Crippen molar-refractivity contribution in [2.75, 3.05) is 13.7 Å². The van der Waals surface area contributed by atoms with Crippen molar-refractivity contribution in [1.29, 1.82) is 0 Å². The second-order valence-corrected chi connectivity index (χ2v) is 6.20. The van der Waals surface area contributed by atoms with Gasteiger partial charge in [-0.25, -0.2) is 9.69 Å². The Morgan fingerprint density at radius 1 is 1.20 bits per heavy atom. The van der Waals surface area contributed by atoms with Gasteiger partial charge in [-0.1, -0.05) is 48.0 Å². The molecule has 25 heavy (non-hydrogen) atoms. The van der Waals surface area contributed by atoms with Crippen LogP contribution in [-0.4, -0.2) is 30.6 Å². The van der Waals surface area contributed by atoms with Crippen LogP contribution in [0.15, 0.2) is 48.5 Å². The lowest BCUT2D eigenvalue weighted by molar-refractivity contribution is -0.129. The molecule has 1 unspecified atom stereocenters. The number of hydrogen-bond acceptors (Lipinski definition) is 4. The van der Waals surface area contributed by atoms with Crippen molar-refractivity contribution in [2.45, 2.75) is 25.9 Å². The quantitative estimate of drug-likeness (QED) is 0.849. The van der Waals surface area contributed by atoms with Gasteiger partial charge >= 0.3 is 6.09 Å². The molecule has 2 aromatic carbocycles. The molecule has 2 amide bonds. The van der Waals surface area contributed by atoms with Crippen molar-refractivity contribution in [3.63, 3.8) is 0 Å². The smallest absolute Gasteiger partial charge is 0.417 e. The van der Waals surface area contributed by atoms with E-state index >= 15 is 0 Å². The van der Waals surface area contributed by atoms with E-state index in [2.05, 4.69) is 0 Å². The maximum absolute atomic E-state index is 12.8. The molecule has 1 saturated heterocycles. The Balaban J connectivity index is 1.78. The van der Waals surface area contributed by atoms with E-state index in [1.54, 1.807) is 20.1 Å². The van der Waals surface area contributed by atoms with Gasteiger partial charge in [-0.05, 0) is 25.5 Å². The summed E-state index contributed by atoms with van der Waals surface area (Å²) in [6.07, 6.45) is -1.03. The first-order valence-electron chi connectivity index (χ1n) is 8.22. The number of imide groups is 1. The van der Waals surface area contributed by atoms with E-state index in [0.717, 1.165) is 16.7 Å². The maximum Gasteiger partial charge on any atom is 0.417 e. The van der Waals surface area contributed by atoms with Crippen LogP contribution in [0.1, 0.15) is 35.6 Å². The lowest BCUT2D eigenvalue weighted by atomic mass is 9.98. The molecular weight excluding hydrogens is 318 g/mol. The molecule has 3 rings (SSSR count). The van der Waals surface area contributed by atoms with Crippen LogP contribution < -0.4 is 4.74 Å². The lowest BCUT2D eigenvalue weighted by Crippen LogP contribution is -2.35. The number of ether oxygens (including phenoxy) is 2. The van der Waals surface area contributed by atoms with Crippen molar-refractivity contribution in [3.05, 3.63) is 65.2 Å². The van der Waals surface area contributed by atoms with E-state index in [-0.39, 0.29) is 12.5 Å². The first kappa shape index (κ1) is 17.0. The number of hydrogen-bond donors (Lipinski definition) is 0. The third kappa shape index (κ3) is 3.36. The number of benzene rings is 2. The summed E-state index contributed by atoms with van der Waals surface area (Å²) < 4.78 is 10.7. The van der Waals surface area contributed by atoms with Gasteiger partial charge in [-0.3, -0.25) is 4.79 Å². The van der Waals surface area contributed by atoms with Gasteiger partial charge in [0.05, 0.1) is 19.6 Å². The van der Waals surface area contributed by atoms with E-state index < -0.39 is 18.1 Å². The molecule has 2 atom stereocenters. The predicted octanol–water partition coefficient (Wildman–Crippen LogP) is 3.83. The van der Waals surface area contributed by atoms with Gasteiger partial charge in [0.2, 0.25) is 5.91 Å². The molecule has 1 aliphatic heterocycles. The molecule has 5 heteroatoms. The van der Waals surface area contributed by atoms with Crippen molar-refractivity contribution >= 4 is 12.0 Å². The normalized spacial score (nSPS) is 18.0. The van der Waals surface area contributed by atoms with Gasteiger partial charge in [0.15, 0.2) is 0 Å². The Bertz CT molecular complexity index is 785. The fourth-order valence-corrected chi connectivity index (χ4v) is 2.99. The number of cyclic esters (lactones) is 1. The van der Waals surface area contributed by atoms with Crippen LogP contribution in [0.4, 0.5) is 4.79 Å². The molecule has 5 nitrogen and oxygen atoms in total. The van der Waals surface area contributed by atoms with Gasteiger partial charge in [0, 0.05) is 5.56 Å². The molecule has 0 aromatic heterocycles. The predicted molar refractivity (Wildman–Crippen MR) is 93.5 cm³/mol. The molecule has 1 aliphatic rings. The number of para-hydroxylation sites is 1. The minimum Gasteiger partial charge on any atom is -0.496 e. The monoisotopic (exact) mass is 339 g/mol. The van der Waals surface area contributed by atoms with E-state index in [1.165, 1.54) is 4.90 Å². The van der Waals surface area contributed by atoms with Gasteiger partial charge in [-0.15, -0.1) is 0 Å². The average Bonchev–Trinajstić information content (AvgIpc) is 3.02. The number of aryl methyl sites for hydroxylation is 1. The zero-order chi connectivity index (χ0) is 18.0. The summed E-state index contributed by atoms with van der Waals surface area (Å²) in [7, 11) is 1.56. The molecule has 0 aliphatic carbocycles. The van der Waals surface area contributed by atoms with Crippen molar-refractivity contribution < 1.29 is 19.1 Å². The Morgan fingerprint density at radius 2 is 1.88 bits per heavy atom. The van der Waals surface area contributed by atoms with Crippen LogP contribution in [0.3, 0.4) is 0 Å². The standard InChI is InChI=1S/C20H21NO4/c1-13-8-10-15(11-9-13)18-12-21(20(23)25-18)19(22)14(2)16-6-4-5-7-17(16)24-3/h4-11,14,18H,12H2,1-3H3/t14?,18-/m1/s1. The Kier molecular flexibility index (Phi) is 4.74. The average molecular weight is 339 g/mol. The Hall–Kier alpha value is -2.82. The summed E-state index contributed by atoms with van der Waals surface area (Å²) in [4.78, 5) is 26.2. The SMILES string of the molecule is COc1ccccc1C(C)C(=O)N1C[C@H](c2ccc(C)cc2)OC1=O. The van der Waals surface area contributed by atoms with Gasteiger partial charge < -0.3 is 9.47 Å². The highest BCUT2D eigenvalue weighted by molar-refractivity contribution is 5.97. The first-order chi connectivity index (χ1) is 12.0. The second kappa shape index (κ2) is 6.97. The fraction of sp³-hybridized carbons (Fsp3) is 0.300. The van der Waals surface area contributed by atoms with Crippen molar-refractivity contribution in [2.24, 2.45) is 0 Å². The molecule has 2 aromatic rings. The van der Waals surface area contributed by atoms with Crippen LogP contribution in [0.5, 0.6) is 5.75 Å². The zero-order valence-electron chi connectivity index (χ0n) is 14.6. The van der Waals surface area contributed by atoms with Crippen LogP contribution in [0, 0.1) is 6.92 Å². The van der Waals surface area contributed by atoms with E-state index in [4.69, 9.17) is 9.47 Å². The van der Waals surface area contributed by atoms with Crippen LogP contribution in [0.2, 0.25) is 0 Å². The number of methoxy groups -OCH3 is 1. The summed E-state index contributed by atoms with van der Waals surface area (Å²) in [5, 5.41) is 0. The summed E-state index contributed by atoms with van der Waals surface area (Å²) in [5.41, 5.74) is 2.77. The lowest BCUT2D eigenvalue weighted by Gasteiger charge is -2.19. The summed E-state index contributed by atoms with van der Waals surface area (Å²) in [6.45, 7) is 3.99. The second-order valence-electron chi connectivity index (χ2n) is 6.20. The zero-order valence-corrected chi connectivity index (χ0v) is 14.6. The fourth-order valence-electron chi connectivity index (χ4n) is 2.99. The summed E-state index contributed by atoms with van der Waals surface area (Å²) in [5.74, 6) is -0.157. The molecule has 0 radical (unpaired) electrons. The highest BCUT2D eigenvalue weighted by Crippen LogP contribution is 2.32. The molecule has 130 valence electrons. The molecule has 0 N–H and O–H groups in total. The maximum atomic E-state index is 12.8. The number of carbonyl (C=O) groups is 2. The minimum absolute atomic E-state index is 0.222. The molecule has 1 heterocycles. The third-order valence-corrected chi connectivity index (χ3v) is 4.50. The van der Waals surface area contributed by atoms with E-state index in [1.807, 2.05) is 49.4 Å². The Labute approximate surface area is 147 Å². The number of carbonyl (C=O) groups excluding carboxylic acids is 2. The van der Waals surface area contributed by atoms with Gasteiger partial charge in [-0.2, -0.15) is 0 Å². The largest absolute Gasteiger partial charge is 0.496 e. The van der Waals surface area contributed by atoms with E-state index in [9.17, 15) is 9.59 Å². The molecule has 0 bridgehead atoms. The Morgan fingerprint density at radius 3 is 2.56 bits per heavy atom. The molecular formula is C20H21NO4. The van der Waals surface area contributed by atoms with Crippen molar-refractivity contribution in [1.82, 2.24) is 4.90 Å². The molecule has 0 spiro atoms. The summed E-state index contributed by atoms with van der Waals surface area (Å²) >= 11 is 0. The molecule has 1 fully saturated rings. The van der Waals surface area contributed by atoms with Crippen LogP contribution in [-0.2, 0) is 9.53 Å². The highest BCUT2D eigenvalue weighted by Gasteiger charge is 2.39. The number of rotatable bonds is 4. The highest BCUT2D eigenvalue weighted by atomic mass is 16.6. The van der Waals surface area contributed by atoms with Crippen LogP contribution in [0.25, 0.3) is 0 Å².